The van der Waals surface area contributed by atoms with Crippen LogP contribution in [-0.4, -0.2) is 15.8 Å². The summed E-state index contributed by atoms with van der Waals surface area (Å²) in [6, 6.07) is 7.51. The molecule has 0 amide bonds. The molecule has 0 saturated carbocycles. The van der Waals surface area contributed by atoms with Crippen LogP contribution in [0.5, 0.6) is 11.6 Å². The van der Waals surface area contributed by atoms with Crippen molar-refractivity contribution in [3.63, 3.8) is 0 Å². The highest BCUT2D eigenvalue weighted by Gasteiger charge is 2.18. The van der Waals surface area contributed by atoms with Gasteiger partial charge in [-0.05, 0) is 31.9 Å². The van der Waals surface area contributed by atoms with Gasteiger partial charge in [0.15, 0.2) is 0 Å². The van der Waals surface area contributed by atoms with E-state index in [1.807, 2.05) is 32.2 Å². The number of rotatable bonds is 5. The standard InChI is InChI=1S/C15H20ClN3O/c1-4-11(17)9-12-10(2)18-19(3)15(12)20-14-8-6-5-7-13(14)16/h5-8,11H,4,9,17H2,1-3H3. The van der Waals surface area contributed by atoms with Gasteiger partial charge in [0.1, 0.15) is 5.75 Å². The van der Waals surface area contributed by atoms with Crippen LogP contribution in [0.15, 0.2) is 24.3 Å². The normalized spacial score (nSPS) is 12.4. The molecule has 2 rings (SSSR count). The summed E-state index contributed by atoms with van der Waals surface area (Å²) < 4.78 is 7.68. The minimum Gasteiger partial charge on any atom is -0.437 e. The van der Waals surface area contributed by atoms with Crippen LogP contribution in [0.3, 0.4) is 0 Å². The summed E-state index contributed by atoms with van der Waals surface area (Å²) in [5.41, 5.74) is 8.04. The van der Waals surface area contributed by atoms with Crippen LogP contribution in [0.25, 0.3) is 0 Å². The molecular weight excluding hydrogens is 274 g/mol. The molecule has 108 valence electrons. The molecule has 2 aromatic rings. The molecule has 20 heavy (non-hydrogen) atoms. The van der Waals surface area contributed by atoms with Crippen molar-refractivity contribution in [3.8, 4) is 11.6 Å². The van der Waals surface area contributed by atoms with E-state index in [1.165, 1.54) is 0 Å². The third kappa shape index (κ3) is 3.14. The quantitative estimate of drug-likeness (QED) is 0.918. The summed E-state index contributed by atoms with van der Waals surface area (Å²) in [5, 5.41) is 5.00. The number of hydrogen-bond donors (Lipinski definition) is 1. The molecule has 0 bridgehead atoms. The molecule has 2 N–H and O–H groups in total. The van der Waals surface area contributed by atoms with Crippen LogP contribution in [0.4, 0.5) is 0 Å². The van der Waals surface area contributed by atoms with Crippen molar-refractivity contribution in [2.75, 3.05) is 0 Å². The van der Waals surface area contributed by atoms with Crippen LogP contribution in [0, 0.1) is 6.92 Å². The number of halogens is 1. The van der Waals surface area contributed by atoms with E-state index in [4.69, 9.17) is 22.1 Å². The molecule has 0 aliphatic rings. The first-order chi connectivity index (χ1) is 9.52. The smallest absolute Gasteiger partial charge is 0.221 e. The lowest BCUT2D eigenvalue weighted by Gasteiger charge is -2.12. The lowest BCUT2D eigenvalue weighted by molar-refractivity contribution is 0.424. The molecule has 0 radical (unpaired) electrons. The summed E-state index contributed by atoms with van der Waals surface area (Å²) in [4.78, 5) is 0. The number of ether oxygens (including phenoxy) is 1. The third-order valence-corrected chi connectivity index (χ3v) is 3.64. The summed E-state index contributed by atoms with van der Waals surface area (Å²) in [7, 11) is 1.86. The van der Waals surface area contributed by atoms with Gasteiger partial charge in [-0.3, -0.25) is 0 Å². The fourth-order valence-corrected chi connectivity index (χ4v) is 2.26. The van der Waals surface area contributed by atoms with Gasteiger partial charge in [0.25, 0.3) is 0 Å². The maximum absolute atomic E-state index is 6.14. The number of hydrogen-bond acceptors (Lipinski definition) is 3. The molecule has 5 heteroatoms. The predicted octanol–water partition coefficient (Wildman–Crippen LogP) is 3.45. The van der Waals surface area contributed by atoms with Crippen molar-refractivity contribution < 1.29 is 4.74 Å². The summed E-state index contributed by atoms with van der Waals surface area (Å²) in [5.74, 6) is 1.34. The number of nitrogens with two attached hydrogens (primary N) is 1. The van der Waals surface area contributed by atoms with Gasteiger partial charge < -0.3 is 10.5 Å². The highest BCUT2D eigenvalue weighted by atomic mass is 35.5. The Kier molecular flexibility index (Phi) is 4.68. The zero-order chi connectivity index (χ0) is 14.7. The largest absolute Gasteiger partial charge is 0.437 e. The monoisotopic (exact) mass is 293 g/mol. The molecule has 0 aliphatic carbocycles. The first kappa shape index (κ1) is 14.9. The van der Waals surface area contributed by atoms with Crippen LogP contribution in [-0.2, 0) is 13.5 Å². The van der Waals surface area contributed by atoms with E-state index in [0.29, 0.717) is 16.7 Å². The molecule has 0 fully saturated rings. The van der Waals surface area contributed by atoms with Crippen molar-refractivity contribution in [2.24, 2.45) is 12.8 Å². The Morgan fingerprint density at radius 3 is 2.75 bits per heavy atom. The number of aromatic nitrogens is 2. The first-order valence-electron chi connectivity index (χ1n) is 6.73. The second-order valence-electron chi connectivity index (χ2n) is 4.90. The minimum absolute atomic E-state index is 0.103. The lowest BCUT2D eigenvalue weighted by atomic mass is 10.1. The van der Waals surface area contributed by atoms with Gasteiger partial charge >= 0.3 is 0 Å². The van der Waals surface area contributed by atoms with Gasteiger partial charge in [0, 0.05) is 18.7 Å². The Morgan fingerprint density at radius 2 is 2.10 bits per heavy atom. The molecule has 0 aliphatic heterocycles. The topological polar surface area (TPSA) is 53.1 Å². The molecule has 1 aromatic carbocycles. The summed E-state index contributed by atoms with van der Waals surface area (Å²) in [6.45, 7) is 4.04. The zero-order valence-corrected chi connectivity index (χ0v) is 12.8. The van der Waals surface area contributed by atoms with Crippen molar-refractivity contribution >= 4 is 11.6 Å². The average molecular weight is 294 g/mol. The van der Waals surface area contributed by atoms with Gasteiger partial charge in [-0.2, -0.15) is 5.10 Å². The van der Waals surface area contributed by atoms with Crippen LogP contribution in [0.2, 0.25) is 5.02 Å². The van der Waals surface area contributed by atoms with E-state index in [9.17, 15) is 0 Å². The van der Waals surface area contributed by atoms with Gasteiger partial charge in [0.2, 0.25) is 5.88 Å². The maximum atomic E-state index is 6.14. The number of benzene rings is 1. The fourth-order valence-electron chi connectivity index (χ4n) is 2.08. The Morgan fingerprint density at radius 1 is 1.40 bits per heavy atom. The van der Waals surface area contributed by atoms with Crippen LogP contribution >= 0.6 is 11.6 Å². The van der Waals surface area contributed by atoms with Crippen molar-refractivity contribution in [1.82, 2.24) is 9.78 Å². The summed E-state index contributed by atoms with van der Waals surface area (Å²) >= 11 is 6.14. The van der Waals surface area contributed by atoms with Crippen LogP contribution in [0.1, 0.15) is 24.6 Å². The molecule has 1 unspecified atom stereocenters. The Labute approximate surface area is 124 Å². The van der Waals surface area contributed by atoms with E-state index in [-0.39, 0.29) is 6.04 Å². The van der Waals surface area contributed by atoms with E-state index in [0.717, 1.165) is 24.1 Å². The Bertz CT molecular complexity index is 595. The fraction of sp³-hybridized carbons (Fsp3) is 0.400. The van der Waals surface area contributed by atoms with Crippen molar-refractivity contribution in [3.05, 3.63) is 40.5 Å². The SMILES string of the molecule is CCC(N)Cc1c(C)nn(C)c1Oc1ccccc1Cl. The summed E-state index contributed by atoms with van der Waals surface area (Å²) in [6.07, 6.45) is 1.66. The molecule has 1 heterocycles. The Hall–Kier alpha value is -1.52. The second kappa shape index (κ2) is 6.29. The molecule has 4 nitrogen and oxygen atoms in total. The average Bonchev–Trinajstić information content (AvgIpc) is 2.68. The highest BCUT2D eigenvalue weighted by Crippen LogP contribution is 2.32. The maximum Gasteiger partial charge on any atom is 0.221 e. The van der Waals surface area contributed by atoms with Gasteiger partial charge in [-0.25, -0.2) is 4.68 Å². The molecular formula is C15H20ClN3O. The van der Waals surface area contributed by atoms with E-state index >= 15 is 0 Å². The lowest BCUT2D eigenvalue weighted by Crippen LogP contribution is -2.21. The predicted molar refractivity (Wildman–Crippen MR) is 81.4 cm³/mol. The zero-order valence-electron chi connectivity index (χ0n) is 12.1. The number of aryl methyl sites for hydroxylation is 2. The van der Waals surface area contributed by atoms with Gasteiger partial charge in [-0.1, -0.05) is 30.7 Å². The van der Waals surface area contributed by atoms with E-state index < -0.39 is 0 Å². The number of nitrogens with zero attached hydrogens (tertiary/aromatic N) is 2. The Balaban J connectivity index is 2.34. The van der Waals surface area contributed by atoms with Gasteiger partial charge in [0.05, 0.1) is 10.7 Å². The second-order valence-corrected chi connectivity index (χ2v) is 5.30. The number of para-hydroxylation sites is 1. The van der Waals surface area contributed by atoms with E-state index in [1.54, 1.807) is 10.7 Å². The molecule has 1 atom stereocenters. The van der Waals surface area contributed by atoms with Crippen LogP contribution < -0.4 is 10.5 Å². The molecule has 0 saturated heterocycles. The molecule has 0 spiro atoms. The minimum atomic E-state index is 0.103. The van der Waals surface area contributed by atoms with E-state index in [2.05, 4.69) is 12.0 Å². The highest BCUT2D eigenvalue weighted by molar-refractivity contribution is 6.32. The first-order valence-corrected chi connectivity index (χ1v) is 7.11. The van der Waals surface area contributed by atoms with Crippen molar-refractivity contribution in [1.29, 1.82) is 0 Å². The van der Waals surface area contributed by atoms with Crippen molar-refractivity contribution in [2.45, 2.75) is 32.7 Å². The molecule has 1 aromatic heterocycles. The third-order valence-electron chi connectivity index (χ3n) is 3.32. The van der Waals surface area contributed by atoms with Gasteiger partial charge in [-0.15, -0.1) is 0 Å².